The number of rotatable bonds is 2. The number of halogens is 1. The molecule has 0 aromatic heterocycles. The van der Waals surface area contributed by atoms with E-state index >= 15 is 0 Å². The predicted molar refractivity (Wildman–Crippen MR) is 73.5 cm³/mol. The largest absolute Gasteiger partial charge is 0.330 e. The molecule has 1 aliphatic carbocycles. The van der Waals surface area contributed by atoms with E-state index in [1.165, 1.54) is 35.6 Å². The van der Waals surface area contributed by atoms with E-state index in [9.17, 15) is 0 Å². The summed E-state index contributed by atoms with van der Waals surface area (Å²) in [6.07, 6.45) is 3.73. The van der Waals surface area contributed by atoms with Crippen LogP contribution < -0.4 is 5.73 Å². The van der Waals surface area contributed by atoms with Gasteiger partial charge in [0.2, 0.25) is 0 Å². The van der Waals surface area contributed by atoms with Gasteiger partial charge in [-0.05, 0) is 41.3 Å². The van der Waals surface area contributed by atoms with Crippen LogP contribution in [0.1, 0.15) is 24.8 Å². The van der Waals surface area contributed by atoms with Gasteiger partial charge in [0, 0.05) is 17.0 Å². The minimum Gasteiger partial charge on any atom is -0.330 e. The average Bonchev–Trinajstić information content (AvgIpc) is 2.28. The molecule has 1 aliphatic rings. The fourth-order valence-corrected chi connectivity index (χ4v) is 2.94. The quantitative estimate of drug-likeness (QED) is 0.854. The van der Waals surface area contributed by atoms with E-state index in [-0.39, 0.29) is 5.41 Å². The zero-order valence-electron chi connectivity index (χ0n) is 9.75. The van der Waals surface area contributed by atoms with Crippen LogP contribution in [0.2, 0.25) is 5.02 Å². The van der Waals surface area contributed by atoms with E-state index in [0.717, 1.165) is 11.6 Å². The van der Waals surface area contributed by atoms with Gasteiger partial charge in [0.1, 0.15) is 0 Å². The van der Waals surface area contributed by atoms with Crippen molar-refractivity contribution >= 4 is 22.4 Å². The normalized spacial score (nSPS) is 18.0. The second kappa shape index (κ2) is 4.01. The molecule has 1 saturated carbocycles. The molecule has 0 saturated heterocycles. The minimum absolute atomic E-state index is 0.233. The van der Waals surface area contributed by atoms with Crippen molar-refractivity contribution < 1.29 is 0 Å². The summed E-state index contributed by atoms with van der Waals surface area (Å²) in [7, 11) is 0. The molecule has 0 bridgehead atoms. The lowest BCUT2D eigenvalue weighted by Crippen LogP contribution is -2.41. The third-order valence-electron chi connectivity index (χ3n) is 4.12. The minimum atomic E-state index is 0.233. The first-order chi connectivity index (χ1) is 8.23. The molecule has 2 aromatic carbocycles. The highest BCUT2D eigenvalue weighted by molar-refractivity contribution is 6.31. The fourth-order valence-electron chi connectivity index (χ4n) is 2.76. The van der Waals surface area contributed by atoms with Crippen LogP contribution in [0.5, 0.6) is 0 Å². The molecular formula is C15H16ClN. The van der Waals surface area contributed by atoms with Crippen LogP contribution >= 0.6 is 11.6 Å². The molecule has 0 atom stereocenters. The fraction of sp³-hybridized carbons (Fsp3) is 0.333. The van der Waals surface area contributed by atoms with E-state index in [1.807, 2.05) is 12.1 Å². The molecule has 0 radical (unpaired) electrons. The third-order valence-corrected chi connectivity index (χ3v) is 4.35. The number of nitrogens with two attached hydrogens (primary N) is 1. The molecule has 3 rings (SSSR count). The van der Waals surface area contributed by atoms with Crippen molar-refractivity contribution in [2.24, 2.45) is 5.73 Å². The van der Waals surface area contributed by atoms with E-state index in [4.69, 9.17) is 17.3 Å². The Labute approximate surface area is 107 Å². The van der Waals surface area contributed by atoms with Crippen molar-refractivity contribution in [2.75, 3.05) is 6.54 Å². The maximum absolute atomic E-state index is 6.04. The van der Waals surface area contributed by atoms with Crippen molar-refractivity contribution in [3.05, 3.63) is 47.0 Å². The number of benzene rings is 2. The summed E-state index contributed by atoms with van der Waals surface area (Å²) in [4.78, 5) is 0. The summed E-state index contributed by atoms with van der Waals surface area (Å²) in [6, 6.07) is 12.7. The standard InChI is InChI=1S/C15H16ClN/c16-14-5-3-11-2-4-13(8-12(11)9-14)15(10-17)6-1-7-15/h2-5,8-9H,1,6-7,10,17H2. The molecule has 0 heterocycles. The zero-order chi connectivity index (χ0) is 11.9. The maximum atomic E-state index is 6.04. The highest BCUT2D eigenvalue weighted by Crippen LogP contribution is 2.43. The summed E-state index contributed by atoms with van der Waals surface area (Å²) >= 11 is 6.04. The molecule has 2 aromatic rings. The Kier molecular flexibility index (Phi) is 2.61. The van der Waals surface area contributed by atoms with Crippen LogP contribution in [0.25, 0.3) is 10.8 Å². The second-order valence-electron chi connectivity index (χ2n) is 5.04. The highest BCUT2D eigenvalue weighted by atomic mass is 35.5. The monoisotopic (exact) mass is 245 g/mol. The Hall–Kier alpha value is -1.05. The van der Waals surface area contributed by atoms with E-state index in [1.54, 1.807) is 0 Å². The van der Waals surface area contributed by atoms with Gasteiger partial charge in [0.25, 0.3) is 0 Å². The molecule has 88 valence electrons. The Morgan fingerprint density at radius 2 is 1.82 bits per heavy atom. The number of fused-ring (bicyclic) bond motifs is 1. The van der Waals surface area contributed by atoms with Crippen LogP contribution in [0, 0.1) is 0 Å². The first-order valence-corrected chi connectivity index (χ1v) is 6.51. The predicted octanol–water partition coefficient (Wildman–Crippen LogP) is 3.87. The lowest BCUT2D eigenvalue weighted by atomic mass is 9.64. The summed E-state index contributed by atoms with van der Waals surface area (Å²) in [5.41, 5.74) is 7.56. The molecule has 0 unspecified atom stereocenters. The van der Waals surface area contributed by atoms with E-state index in [0.29, 0.717) is 0 Å². The van der Waals surface area contributed by atoms with Gasteiger partial charge in [0.15, 0.2) is 0 Å². The molecule has 17 heavy (non-hydrogen) atoms. The number of hydrogen-bond donors (Lipinski definition) is 1. The van der Waals surface area contributed by atoms with Crippen LogP contribution in [-0.2, 0) is 5.41 Å². The van der Waals surface area contributed by atoms with Crippen LogP contribution in [0.4, 0.5) is 0 Å². The smallest absolute Gasteiger partial charge is 0.0412 e. The molecule has 2 heteroatoms. The van der Waals surface area contributed by atoms with Gasteiger partial charge in [-0.15, -0.1) is 0 Å². The van der Waals surface area contributed by atoms with Gasteiger partial charge < -0.3 is 5.73 Å². The highest BCUT2D eigenvalue weighted by Gasteiger charge is 2.37. The Morgan fingerprint density at radius 1 is 1.06 bits per heavy atom. The first-order valence-electron chi connectivity index (χ1n) is 6.13. The van der Waals surface area contributed by atoms with Crippen molar-refractivity contribution in [3.63, 3.8) is 0 Å². The van der Waals surface area contributed by atoms with E-state index in [2.05, 4.69) is 24.3 Å². The Morgan fingerprint density at radius 3 is 2.47 bits per heavy atom. The first kappa shape index (κ1) is 11.1. The zero-order valence-corrected chi connectivity index (χ0v) is 10.5. The molecule has 1 nitrogen and oxygen atoms in total. The lowest BCUT2D eigenvalue weighted by molar-refractivity contribution is 0.253. The molecule has 0 amide bonds. The van der Waals surface area contributed by atoms with Crippen molar-refractivity contribution in [1.82, 2.24) is 0 Å². The molecule has 1 fully saturated rings. The Bertz CT molecular complexity index is 552. The third kappa shape index (κ3) is 1.74. The van der Waals surface area contributed by atoms with Crippen molar-refractivity contribution in [1.29, 1.82) is 0 Å². The van der Waals surface area contributed by atoms with Crippen LogP contribution in [-0.4, -0.2) is 6.54 Å². The SMILES string of the molecule is NCC1(c2ccc3ccc(Cl)cc3c2)CCC1. The number of hydrogen-bond acceptors (Lipinski definition) is 1. The molecule has 2 N–H and O–H groups in total. The summed E-state index contributed by atoms with van der Waals surface area (Å²) in [5.74, 6) is 0. The van der Waals surface area contributed by atoms with Gasteiger partial charge in [-0.25, -0.2) is 0 Å². The van der Waals surface area contributed by atoms with Gasteiger partial charge in [0.05, 0.1) is 0 Å². The molecule has 0 spiro atoms. The van der Waals surface area contributed by atoms with Gasteiger partial charge in [-0.3, -0.25) is 0 Å². The molecule has 0 aliphatic heterocycles. The van der Waals surface area contributed by atoms with Crippen LogP contribution in [0.15, 0.2) is 36.4 Å². The average molecular weight is 246 g/mol. The summed E-state index contributed by atoms with van der Waals surface area (Å²) in [5, 5.41) is 3.25. The van der Waals surface area contributed by atoms with Crippen LogP contribution in [0.3, 0.4) is 0 Å². The Balaban J connectivity index is 2.12. The maximum Gasteiger partial charge on any atom is 0.0412 e. The van der Waals surface area contributed by atoms with E-state index < -0.39 is 0 Å². The summed E-state index contributed by atoms with van der Waals surface area (Å²) in [6.45, 7) is 0.749. The topological polar surface area (TPSA) is 26.0 Å². The lowest BCUT2D eigenvalue weighted by Gasteiger charge is -2.41. The van der Waals surface area contributed by atoms with Gasteiger partial charge >= 0.3 is 0 Å². The molecular weight excluding hydrogens is 230 g/mol. The van der Waals surface area contributed by atoms with Crippen molar-refractivity contribution in [2.45, 2.75) is 24.7 Å². The van der Waals surface area contributed by atoms with Crippen molar-refractivity contribution in [3.8, 4) is 0 Å². The van der Waals surface area contributed by atoms with Gasteiger partial charge in [-0.2, -0.15) is 0 Å². The summed E-state index contributed by atoms with van der Waals surface area (Å²) < 4.78 is 0. The second-order valence-corrected chi connectivity index (χ2v) is 5.48. The van der Waals surface area contributed by atoms with Gasteiger partial charge in [-0.1, -0.05) is 42.3 Å².